The Labute approximate surface area is 188 Å². The van der Waals surface area contributed by atoms with Gasteiger partial charge in [-0.2, -0.15) is 0 Å². The van der Waals surface area contributed by atoms with Gasteiger partial charge in [0.25, 0.3) is 0 Å². The largest absolute Gasteiger partial charge is 0.497 e. The van der Waals surface area contributed by atoms with E-state index >= 15 is 0 Å². The molecule has 0 saturated carbocycles. The van der Waals surface area contributed by atoms with Crippen molar-refractivity contribution in [2.75, 3.05) is 30.8 Å². The number of nitrogens with one attached hydrogen (secondary N) is 1. The standard InChI is InChI=1S/C21H26N2O7S2/c1-21(2)14-31(25,26)23(20(21)24)16-8-9-18(30-4)19(13-16)32(27,28)22-11-10-15-6-5-7-17(12-15)29-3/h5-9,12-13,22H,10-11,14H2,1-4H3. The van der Waals surface area contributed by atoms with Crippen LogP contribution in [0.25, 0.3) is 0 Å². The fourth-order valence-corrected chi connectivity index (χ4v) is 6.82. The van der Waals surface area contributed by atoms with Crippen LogP contribution < -0.4 is 18.5 Å². The van der Waals surface area contributed by atoms with Gasteiger partial charge in [-0.15, -0.1) is 0 Å². The van der Waals surface area contributed by atoms with Crippen LogP contribution in [-0.4, -0.2) is 49.3 Å². The average Bonchev–Trinajstić information content (AvgIpc) is 2.89. The summed E-state index contributed by atoms with van der Waals surface area (Å²) in [6.07, 6.45) is 0.408. The molecule has 3 rings (SSSR count). The van der Waals surface area contributed by atoms with Crippen LogP contribution in [0.3, 0.4) is 0 Å². The first-order chi connectivity index (χ1) is 14.9. The van der Waals surface area contributed by atoms with Gasteiger partial charge in [-0.3, -0.25) is 4.79 Å². The molecule has 1 aliphatic rings. The van der Waals surface area contributed by atoms with Crippen LogP contribution >= 0.6 is 0 Å². The van der Waals surface area contributed by atoms with E-state index in [2.05, 4.69) is 4.72 Å². The van der Waals surface area contributed by atoms with Gasteiger partial charge in [0.15, 0.2) is 0 Å². The van der Waals surface area contributed by atoms with Gasteiger partial charge in [0.2, 0.25) is 26.0 Å². The zero-order chi connectivity index (χ0) is 23.7. The molecule has 9 nitrogen and oxygen atoms in total. The second kappa shape index (κ2) is 8.72. The number of amides is 1. The highest BCUT2D eigenvalue weighted by atomic mass is 32.2. The van der Waals surface area contributed by atoms with E-state index in [4.69, 9.17) is 9.47 Å². The van der Waals surface area contributed by atoms with Crippen molar-refractivity contribution in [2.45, 2.75) is 25.2 Å². The smallest absolute Gasteiger partial charge is 0.247 e. The second-order valence-corrected chi connectivity index (χ2v) is 11.6. The minimum absolute atomic E-state index is 0.0333. The van der Waals surface area contributed by atoms with Crippen molar-refractivity contribution in [3.63, 3.8) is 0 Å². The van der Waals surface area contributed by atoms with E-state index in [-0.39, 0.29) is 28.6 Å². The first kappa shape index (κ1) is 24.0. The molecule has 1 fully saturated rings. The molecule has 1 heterocycles. The van der Waals surface area contributed by atoms with Crippen molar-refractivity contribution in [2.24, 2.45) is 5.41 Å². The highest BCUT2D eigenvalue weighted by Crippen LogP contribution is 2.38. The van der Waals surface area contributed by atoms with Gasteiger partial charge >= 0.3 is 0 Å². The summed E-state index contributed by atoms with van der Waals surface area (Å²) < 4.78 is 64.7. The number of anilines is 1. The fourth-order valence-electron chi connectivity index (χ4n) is 3.50. The Bertz CT molecular complexity index is 1240. The molecule has 0 spiro atoms. The van der Waals surface area contributed by atoms with Crippen molar-refractivity contribution in [1.29, 1.82) is 0 Å². The minimum Gasteiger partial charge on any atom is -0.497 e. The third-order valence-corrected chi connectivity index (χ3v) is 8.60. The predicted octanol–water partition coefficient (Wildman–Crippen LogP) is 1.93. The summed E-state index contributed by atoms with van der Waals surface area (Å²) in [5.74, 6) is -0.270. The summed E-state index contributed by atoms with van der Waals surface area (Å²) >= 11 is 0. The van der Waals surface area contributed by atoms with Crippen molar-refractivity contribution >= 4 is 31.6 Å². The molecular formula is C21H26N2O7S2. The molecule has 0 unspecified atom stereocenters. The molecule has 0 atom stereocenters. The molecule has 1 amide bonds. The molecule has 1 saturated heterocycles. The third-order valence-electron chi connectivity index (χ3n) is 5.10. The van der Waals surface area contributed by atoms with Crippen molar-refractivity contribution in [3.8, 4) is 11.5 Å². The van der Waals surface area contributed by atoms with Gasteiger partial charge < -0.3 is 9.47 Å². The van der Waals surface area contributed by atoms with Gasteiger partial charge in [-0.1, -0.05) is 12.1 Å². The van der Waals surface area contributed by atoms with Crippen molar-refractivity contribution in [3.05, 3.63) is 48.0 Å². The van der Waals surface area contributed by atoms with E-state index in [9.17, 15) is 21.6 Å². The maximum Gasteiger partial charge on any atom is 0.247 e. The first-order valence-electron chi connectivity index (χ1n) is 9.79. The minimum atomic E-state index is -4.06. The summed E-state index contributed by atoms with van der Waals surface area (Å²) in [4.78, 5) is 12.4. The molecule has 174 valence electrons. The zero-order valence-corrected chi connectivity index (χ0v) is 19.9. The van der Waals surface area contributed by atoms with Gasteiger partial charge in [0, 0.05) is 6.54 Å². The topological polar surface area (TPSA) is 119 Å². The molecule has 0 radical (unpaired) electrons. The monoisotopic (exact) mass is 482 g/mol. The molecule has 1 aliphatic heterocycles. The maximum absolute atomic E-state index is 13.0. The second-order valence-electron chi connectivity index (χ2n) is 8.04. The summed E-state index contributed by atoms with van der Waals surface area (Å²) in [7, 11) is -5.13. The summed E-state index contributed by atoms with van der Waals surface area (Å²) in [5, 5.41) is 0. The van der Waals surface area contributed by atoms with Crippen LogP contribution in [0.15, 0.2) is 47.4 Å². The van der Waals surface area contributed by atoms with Gasteiger partial charge in [-0.05, 0) is 56.2 Å². The molecule has 1 N–H and O–H groups in total. The number of sulfonamides is 2. The lowest BCUT2D eigenvalue weighted by molar-refractivity contribution is -0.123. The van der Waals surface area contributed by atoms with Crippen LogP contribution in [0.4, 0.5) is 5.69 Å². The Morgan fingerprint density at radius 1 is 1.09 bits per heavy atom. The Balaban J connectivity index is 1.88. The molecule has 11 heteroatoms. The number of carbonyl (C=O) groups is 1. The van der Waals surface area contributed by atoms with Crippen LogP contribution in [0.2, 0.25) is 0 Å². The molecule has 32 heavy (non-hydrogen) atoms. The molecule has 2 aromatic carbocycles. The van der Waals surface area contributed by atoms with Crippen LogP contribution in [0.1, 0.15) is 19.4 Å². The lowest BCUT2D eigenvalue weighted by atomic mass is 9.95. The van der Waals surface area contributed by atoms with Crippen LogP contribution in [0.5, 0.6) is 11.5 Å². The molecule has 0 aliphatic carbocycles. The van der Waals surface area contributed by atoms with Crippen molar-refractivity contribution < 1.29 is 31.1 Å². The Kier molecular flexibility index (Phi) is 6.55. The predicted molar refractivity (Wildman–Crippen MR) is 120 cm³/mol. The SMILES string of the molecule is COc1cccc(CCNS(=O)(=O)c2cc(N3C(=O)C(C)(C)CS3(=O)=O)ccc2OC)c1. The number of methoxy groups -OCH3 is 2. The number of benzene rings is 2. The summed E-state index contributed by atoms with van der Waals surface area (Å²) in [6.45, 7) is 3.17. The van der Waals surface area contributed by atoms with Gasteiger partial charge in [0.1, 0.15) is 16.4 Å². The highest BCUT2D eigenvalue weighted by molar-refractivity contribution is 7.94. The Morgan fingerprint density at radius 2 is 1.81 bits per heavy atom. The zero-order valence-electron chi connectivity index (χ0n) is 18.3. The molecule has 0 bridgehead atoms. The fraction of sp³-hybridized carbons (Fsp3) is 0.381. The first-order valence-corrected chi connectivity index (χ1v) is 12.9. The lowest BCUT2D eigenvalue weighted by Crippen LogP contribution is -2.33. The molecular weight excluding hydrogens is 456 g/mol. The normalized spacial score (nSPS) is 17.4. The Morgan fingerprint density at radius 3 is 2.41 bits per heavy atom. The van der Waals surface area contributed by atoms with Crippen LogP contribution in [-0.2, 0) is 31.3 Å². The van der Waals surface area contributed by atoms with E-state index in [0.29, 0.717) is 16.5 Å². The lowest BCUT2D eigenvalue weighted by Gasteiger charge is -2.19. The quantitative estimate of drug-likeness (QED) is 0.611. The van der Waals surface area contributed by atoms with E-state index in [1.807, 2.05) is 12.1 Å². The number of hydrogen-bond donors (Lipinski definition) is 1. The highest BCUT2D eigenvalue weighted by Gasteiger charge is 2.50. The van der Waals surface area contributed by atoms with Crippen LogP contribution in [0, 0.1) is 5.41 Å². The van der Waals surface area contributed by atoms with E-state index in [1.165, 1.54) is 33.1 Å². The number of rotatable bonds is 8. The molecule has 2 aromatic rings. The van der Waals surface area contributed by atoms with Gasteiger partial charge in [-0.25, -0.2) is 25.9 Å². The average molecular weight is 483 g/mol. The van der Waals surface area contributed by atoms with Gasteiger partial charge in [0.05, 0.1) is 31.1 Å². The third kappa shape index (κ3) is 4.74. The number of nitrogens with zero attached hydrogens (tertiary/aromatic N) is 1. The molecule has 0 aromatic heterocycles. The summed E-state index contributed by atoms with van der Waals surface area (Å²) in [6, 6.07) is 11.1. The number of carbonyl (C=O) groups excluding carboxylic acids is 1. The van der Waals surface area contributed by atoms with E-state index in [1.54, 1.807) is 19.2 Å². The summed E-state index contributed by atoms with van der Waals surface area (Å²) in [5.41, 5.74) is -0.273. The van der Waals surface area contributed by atoms with Crippen molar-refractivity contribution in [1.82, 2.24) is 4.72 Å². The Hall–Kier alpha value is -2.63. The maximum atomic E-state index is 13.0. The van der Waals surface area contributed by atoms with E-state index in [0.717, 1.165) is 11.6 Å². The number of hydrogen-bond acceptors (Lipinski definition) is 7. The van der Waals surface area contributed by atoms with E-state index < -0.39 is 31.4 Å². The number of ether oxygens (including phenoxy) is 2.